The fourth-order valence-corrected chi connectivity index (χ4v) is 4.24. The molecular weight excluding hydrogens is 522 g/mol. The number of para-hydroxylation sites is 1. The Morgan fingerprint density at radius 1 is 1.15 bits per heavy atom. The fourth-order valence-electron chi connectivity index (χ4n) is 3.32. The van der Waals surface area contributed by atoms with Crippen LogP contribution >= 0.6 is 27.5 Å². The molecule has 0 radical (unpaired) electrons. The zero-order valence-corrected chi connectivity index (χ0v) is 20.6. The van der Waals surface area contributed by atoms with Crippen LogP contribution < -0.4 is 10.3 Å². The van der Waals surface area contributed by atoms with Gasteiger partial charge in [0.2, 0.25) is 0 Å². The fraction of sp³-hybridized carbons (Fsp3) is 0.120. The zero-order valence-electron chi connectivity index (χ0n) is 18.2. The minimum absolute atomic E-state index is 0.327. The molecule has 34 heavy (non-hydrogen) atoms. The maximum Gasteiger partial charge on any atom is 0.346 e. The predicted molar refractivity (Wildman–Crippen MR) is 136 cm³/mol. The Labute approximate surface area is 208 Å². The topological polar surface area (TPSA) is 82.8 Å². The van der Waals surface area contributed by atoms with E-state index in [1.54, 1.807) is 37.3 Å². The molecule has 0 amide bonds. The molecule has 0 fully saturated rings. The van der Waals surface area contributed by atoms with E-state index in [2.05, 4.69) is 26.0 Å². The number of aromatic nitrogens is 2. The third-order valence-corrected chi connectivity index (χ3v) is 5.77. The van der Waals surface area contributed by atoms with Gasteiger partial charge in [-0.2, -0.15) is 9.78 Å². The van der Waals surface area contributed by atoms with Crippen molar-refractivity contribution in [1.29, 1.82) is 0 Å². The van der Waals surface area contributed by atoms with Crippen LogP contribution in [0.2, 0.25) is 5.02 Å². The Balaban J connectivity index is 1.87. The predicted octanol–water partition coefficient (Wildman–Crippen LogP) is 5.30. The van der Waals surface area contributed by atoms with Gasteiger partial charge in [0.15, 0.2) is 11.9 Å². The lowest BCUT2D eigenvalue weighted by molar-refractivity contribution is -0.147. The van der Waals surface area contributed by atoms with Crippen molar-refractivity contribution in [3.8, 4) is 17.1 Å². The van der Waals surface area contributed by atoms with E-state index < -0.39 is 12.1 Å². The molecule has 0 unspecified atom stereocenters. The SMILES string of the molecule is COC(=O)[C@H](C)Oc1c(Br)cc(Cl)cc1C=Nn1c(-c2ccccc2)nc2ccccc2c1=O. The van der Waals surface area contributed by atoms with Gasteiger partial charge in [-0.3, -0.25) is 4.79 Å². The van der Waals surface area contributed by atoms with Gasteiger partial charge in [0.25, 0.3) is 5.56 Å². The van der Waals surface area contributed by atoms with Gasteiger partial charge in [0, 0.05) is 16.1 Å². The summed E-state index contributed by atoms with van der Waals surface area (Å²) in [5, 5.41) is 5.31. The summed E-state index contributed by atoms with van der Waals surface area (Å²) in [5.41, 5.74) is 1.42. The standard InChI is InChI=1S/C25H19BrClN3O4/c1-15(25(32)33-2)34-22-17(12-18(27)13-20(22)26)14-28-30-23(16-8-4-3-5-9-16)29-21-11-7-6-10-19(21)24(30)31/h3-15H,1-2H3/t15-/m0/s1. The van der Waals surface area contributed by atoms with Crippen LogP contribution in [-0.2, 0) is 9.53 Å². The van der Waals surface area contributed by atoms with Crippen molar-refractivity contribution in [2.75, 3.05) is 7.11 Å². The number of carbonyl (C=O) groups excluding carboxylic acids is 1. The molecule has 0 saturated heterocycles. The van der Waals surface area contributed by atoms with Crippen LogP contribution in [0.5, 0.6) is 5.75 Å². The number of benzene rings is 3. The van der Waals surface area contributed by atoms with Crippen molar-refractivity contribution in [1.82, 2.24) is 9.66 Å². The summed E-state index contributed by atoms with van der Waals surface area (Å²) in [7, 11) is 1.28. The van der Waals surface area contributed by atoms with Crippen molar-refractivity contribution in [3.63, 3.8) is 0 Å². The summed E-state index contributed by atoms with van der Waals surface area (Å²) in [5.74, 6) is 0.173. The number of hydrogen-bond donors (Lipinski definition) is 0. The van der Waals surface area contributed by atoms with Crippen molar-refractivity contribution in [2.24, 2.45) is 5.10 Å². The number of halogens is 2. The number of fused-ring (bicyclic) bond motifs is 1. The second-order valence-electron chi connectivity index (χ2n) is 7.27. The van der Waals surface area contributed by atoms with Crippen LogP contribution in [0.3, 0.4) is 0 Å². The van der Waals surface area contributed by atoms with Gasteiger partial charge in [-0.05, 0) is 47.1 Å². The molecular formula is C25H19BrClN3O4. The lowest BCUT2D eigenvalue weighted by Gasteiger charge is -2.16. The molecule has 4 rings (SSSR count). The van der Waals surface area contributed by atoms with Crippen molar-refractivity contribution in [2.45, 2.75) is 13.0 Å². The van der Waals surface area contributed by atoms with Crippen LogP contribution in [0.25, 0.3) is 22.3 Å². The van der Waals surface area contributed by atoms with Gasteiger partial charge >= 0.3 is 5.97 Å². The summed E-state index contributed by atoms with van der Waals surface area (Å²) in [6.45, 7) is 1.57. The lowest BCUT2D eigenvalue weighted by Crippen LogP contribution is -2.25. The van der Waals surface area contributed by atoms with E-state index in [1.807, 2.05) is 36.4 Å². The molecule has 0 aliphatic rings. The van der Waals surface area contributed by atoms with E-state index in [4.69, 9.17) is 21.1 Å². The van der Waals surface area contributed by atoms with Gasteiger partial charge in [-0.1, -0.05) is 54.1 Å². The number of carbonyl (C=O) groups is 1. The van der Waals surface area contributed by atoms with E-state index in [9.17, 15) is 9.59 Å². The van der Waals surface area contributed by atoms with Gasteiger partial charge in [-0.25, -0.2) is 9.78 Å². The first kappa shape index (κ1) is 23.7. The first-order chi connectivity index (χ1) is 16.4. The summed E-state index contributed by atoms with van der Waals surface area (Å²) < 4.78 is 12.3. The Morgan fingerprint density at radius 2 is 1.85 bits per heavy atom. The second-order valence-corrected chi connectivity index (χ2v) is 8.56. The molecule has 3 aromatic carbocycles. The molecule has 9 heteroatoms. The number of ether oxygens (including phenoxy) is 2. The largest absolute Gasteiger partial charge is 0.477 e. The maximum atomic E-state index is 13.4. The summed E-state index contributed by atoms with van der Waals surface area (Å²) in [6.07, 6.45) is 0.569. The molecule has 7 nitrogen and oxygen atoms in total. The highest BCUT2D eigenvalue weighted by atomic mass is 79.9. The highest BCUT2D eigenvalue weighted by Crippen LogP contribution is 2.33. The molecule has 1 heterocycles. The third kappa shape index (κ3) is 4.88. The molecule has 0 bridgehead atoms. The maximum absolute atomic E-state index is 13.4. The van der Waals surface area contributed by atoms with E-state index in [-0.39, 0.29) is 5.56 Å². The van der Waals surface area contributed by atoms with Crippen LogP contribution in [0.1, 0.15) is 12.5 Å². The highest BCUT2D eigenvalue weighted by molar-refractivity contribution is 9.10. The number of hydrogen-bond acceptors (Lipinski definition) is 6. The minimum Gasteiger partial charge on any atom is -0.477 e. The molecule has 4 aromatic rings. The smallest absolute Gasteiger partial charge is 0.346 e. The van der Waals surface area contributed by atoms with Crippen LogP contribution in [-0.4, -0.2) is 35.1 Å². The Kier molecular flexibility index (Phi) is 7.09. The molecule has 0 aliphatic heterocycles. The number of esters is 1. The van der Waals surface area contributed by atoms with Gasteiger partial charge < -0.3 is 9.47 Å². The monoisotopic (exact) mass is 539 g/mol. The average molecular weight is 541 g/mol. The minimum atomic E-state index is -0.875. The first-order valence-corrected chi connectivity index (χ1v) is 11.4. The molecule has 0 aliphatic carbocycles. The number of rotatable bonds is 6. The summed E-state index contributed by atoms with van der Waals surface area (Å²) >= 11 is 9.66. The van der Waals surface area contributed by atoms with Crippen LogP contribution in [0.15, 0.2) is 81.1 Å². The molecule has 0 saturated carbocycles. The summed E-state index contributed by atoms with van der Waals surface area (Å²) in [4.78, 5) is 29.9. The number of nitrogens with zero attached hydrogens (tertiary/aromatic N) is 3. The Hall–Kier alpha value is -3.49. The van der Waals surface area contributed by atoms with Crippen LogP contribution in [0.4, 0.5) is 0 Å². The van der Waals surface area contributed by atoms with Gasteiger partial charge in [0.05, 0.1) is 28.7 Å². The van der Waals surface area contributed by atoms with Gasteiger partial charge in [0.1, 0.15) is 5.75 Å². The highest BCUT2D eigenvalue weighted by Gasteiger charge is 2.19. The molecule has 172 valence electrons. The third-order valence-electron chi connectivity index (χ3n) is 4.96. The van der Waals surface area contributed by atoms with E-state index >= 15 is 0 Å². The summed E-state index contributed by atoms with van der Waals surface area (Å²) in [6, 6.07) is 19.6. The zero-order chi connectivity index (χ0) is 24.2. The average Bonchev–Trinajstić information content (AvgIpc) is 2.85. The number of methoxy groups -OCH3 is 1. The lowest BCUT2D eigenvalue weighted by atomic mass is 10.2. The molecule has 0 N–H and O–H groups in total. The Bertz CT molecular complexity index is 1450. The van der Waals surface area contributed by atoms with Crippen molar-refractivity contribution >= 4 is 50.6 Å². The molecule has 1 aromatic heterocycles. The van der Waals surface area contributed by atoms with E-state index in [1.165, 1.54) is 18.0 Å². The quantitative estimate of drug-likeness (QED) is 0.245. The van der Waals surface area contributed by atoms with E-state index in [0.717, 1.165) is 5.56 Å². The van der Waals surface area contributed by atoms with Crippen LogP contribution in [0, 0.1) is 0 Å². The second kappa shape index (κ2) is 10.2. The normalized spacial score (nSPS) is 12.1. The molecule has 0 spiro atoms. The van der Waals surface area contributed by atoms with Crippen molar-refractivity contribution < 1.29 is 14.3 Å². The molecule has 1 atom stereocenters. The Morgan fingerprint density at radius 3 is 2.59 bits per heavy atom. The van der Waals surface area contributed by atoms with E-state index in [0.29, 0.717) is 37.5 Å². The van der Waals surface area contributed by atoms with Crippen molar-refractivity contribution in [3.05, 3.63) is 92.1 Å². The van der Waals surface area contributed by atoms with Gasteiger partial charge in [-0.15, -0.1) is 0 Å². The first-order valence-electron chi connectivity index (χ1n) is 10.2.